The third kappa shape index (κ3) is 2.35. The van der Waals surface area contributed by atoms with E-state index >= 15 is 0 Å². The highest BCUT2D eigenvalue weighted by atomic mass is 79.9. The predicted molar refractivity (Wildman–Crippen MR) is 71.9 cm³/mol. The quantitative estimate of drug-likeness (QED) is 0.859. The first-order valence-corrected chi connectivity index (χ1v) is 6.91. The van der Waals surface area contributed by atoms with Crippen LogP contribution in [0.25, 0.3) is 0 Å². The van der Waals surface area contributed by atoms with Crippen molar-refractivity contribution in [3.05, 3.63) is 55.2 Å². The molecule has 0 amide bonds. The molecule has 2 aromatic rings. The van der Waals surface area contributed by atoms with Gasteiger partial charge < -0.3 is 5.11 Å². The third-order valence-corrected chi connectivity index (χ3v) is 4.93. The van der Waals surface area contributed by atoms with E-state index in [-0.39, 0.29) is 5.56 Å². The molecule has 1 N–H and O–H groups in total. The molecule has 1 unspecified atom stereocenters. The zero-order valence-electron chi connectivity index (χ0n) is 9.80. The van der Waals surface area contributed by atoms with Crippen molar-refractivity contribution in [1.82, 2.24) is 0 Å². The van der Waals surface area contributed by atoms with Gasteiger partial charge in [-0.05, 0) is 47.5 Å². The molecule has 0 spiro atoms. The average molecular weight is 333 g/mol. The van der Waals surface area contributed by atoms with Crippen LogP contribution in [0, 0.1) is 25.5 Å². The van der Waals surface area contributed by atoms with Crippen molar-refractivity contribution in [2.24, 2.45) is 0 Å². The highest BCUT2D eigenvalue weighted by Gasteiger charge is 2.23. The molecule has 0 aliphatic carbocycles. The molecule has 0 fully saturated rings. The Bertz CT molecular complexity index is 575. The summed E-state index contributed by atoms with van der Waals surface area (Å²) < 4.78 is 28.4. The summed E-state index contributed by atoms with van der Waals surface area (Å²) in [6, 6.07) is 4.22. The highest BCUT2D eigenvalue weighted by Crippen LogP contribution is 2.35. The second-order valence-corrected chi connectivity index (χ2v) is 6.19. The van der Waals surface area contributed by atoms with Gasteiger partial charge in [0.15, 0.2) is 0 Å². The Labute approximate surface area is 116 Å². The fraction of sp³-hybridized carbons (Fsp3) is 0.231. The fourth-order valence-electron chi connectivity index (χ4n) is 1.69. The van der Waals surface area contributed by atoms with Gasteiger partial charge in [0.25, 0.3) is 0 Å². The third-order valence-electron chi connectivity index (χ3n) is 2.74. The van der Waals surface area contributed by atoms with Gasteiger partial charge >= 0.3 is 0 Å². The summed E-state index contributed by atoms with van der Waals surface area (Å²) in [4.78, 5) is 1.47. The Morgan fingerprint density at radius 1 is 1.28 bits per heavy atom. The summed E-state index contributed by atoms with van der Waals surface area (Å²) in [7, 11) is 0. The van der Waals surface area contributed by atoms with E-state index in [1.165, 1.54) is 23.5 Å². The maximum absolute atomic E-state index is 13.9. The second-order valence-electron chi connectivity index (χ2n) is 4.05. The molecule has 0 radical (unpaired) electrons. The Hall–Kier alpha value is -0.780. The molecule has 1 heterocycles. The molecule has 0 saturated carbocycles. The van der Waals surface area contributed by atoms with Gasteiger partial charge in [-0.1, -0.05) is 6.07 Å². The topological polar surface area (TPSA) is 20.2 Å². The maximum atomic E-state index is 13.9. The number of rotatable bonds is 2. The first-order chi connectivity index (χ1) is 8.41. The van der Waals surface area contributed by atoms with Crippen LogP contribution >= 0.6 is 27.3 Å². The van der Waals surface area contributed by atoms with Crippen LogP contribution in [0.5, 0.6) is 0 Å². The van der Waals surface area contributed by atoms with E-state index < -0.39 is 17.7 Å². The zero-order chi connectivity index (χ0) is 13.4. The molecule has 1 atom stereocenters. The molecule has 0 aliphatic heterocycles. The lowest BCUT2D eigenvalue weighted by Gasteiger charge is -2.12. The van der Waals surface area contributed by atoms with Crippen molar-refractivity contribution >= 4 is 27.3 Å². The number of hydrogen-bond acceptors (Lipinski definition) is 2. The SMILES string of the molecule is Cc1ccc(F)c(C(O)c2cc(Br)c(C)s2)c1F. The molecule has 5 heteroatoms. The van der Waals surface area contributed by atoms with Crippen LogP contribution in [0.2, 0.25) is 0 Å². The van der Waals surface area contributed by atoms with E-state index in [2.05, 4.69) is 15.9 Å². The Morgan fingerprint density at radius 2 is 1.94 bits per heavy atom. The largest absolute Gasteiger partial charge is 0.383 e. The van der Waals surface area contributed by atoms with Gasteiger partial charge in [-0.3, -0.25) is 0 Å². The fourth-order valence-corrected chi connectivity index (χ4v) is 3.24. The standard InChI is InChI=1S/C13H11BrF2OS/c1-6-3-4-9(15)11(12(6)16)13(17)10-5-8(14)7(2)18-10/h3-5,13,17H,1-2H3. The summed E-state index contributed by atoms with van der Waals surface area (Å²) in [6.45, 7) is 3.41. The highest BCUT2D eigenvalue weighted by molar-refractivity contribution is 9.10. The first kappa shape index (κ1) is 13.6. The van der Waals surface area contributed by atoms with E-state index in [9.17, 15) is 13.9 Å². The smallest absolute Gasteiger partial charge is 0.135 e. The molecule has 96 valence electrons. The average Bonchev–Trinajstić information content (AvgIpc) is 2.65. The van der Waals surface area contributed by atoms with Gasteiger partial charge in [0.05, 0.1) is 5.56 Å². The molecule has 0 bridgehead atoms. The van der Waals surface area contributed by atoms with Crippen LogP contribution in [0.3, 0.4) is 0 Å². The van der Waals surface area contributed by atoms with Crippen LogP contribution < -0.4 is 0 Å². The van der Waals surface area contributed by atoms with Gasteiger partial charge in [-0.25, -0.2) is 8.78 Å². The predicted octanol–water partition coefficient (Wildman–Crippen LogP) is 4.49. The van der Waals surface area contributed by atoms with Crippen LogP contribution in [0.15, 0.2) is 22.7 Å². The number of halogens is 3. The Kier molecular flexibility index (Phi) is 3.84. The molecular formula is C13H11BrF2OS. The van der Waals surface area contributed by atoms with E-state index in [0.717, 1.165) is 9.35 Å². The minimum absolute atomic E-state index is 0.288. The summed E-state index contributed by atoms with van der Waals surface area (Å²) in [6.07, 6.45) is -1.28. The molecule has 2 rings (SSSR count). The second kappa shape index (κ2) is 5.07. The van der Waals surface area contributed by atoms with Crippen molar-refractivity contribution < 1.29 is 13.9 Å². The first-order valence-electron chi connectivity index (χ1n) is 5.30. The number of aliphatic hydroxyl groups is 1. The lowest BCUT2D eigenvalue weighted by atomic mass is 10.0. The van der Waals surface area contributed by atoms with Gasteiger partial charge in [-0.15, -0.1) is 11.3 Å². The Morgan fingerprint density at radius 3 is 2.50 bits per heavy atom. The summed E-state index contributed by atoms with van der Waals surface area (Å²) >= 11 is 4.63. The van der Waals surface area contributed by atoms with Gasteiger partial charge in [0.1, 0.15) is 17.7 Å². The molecule has 1 aromatic heterocycles. The summed E-state index contributed by atoms with van der Waals surface area (Å²) in [5, 5.41) is 10.1. The number of aryl methyl sites for hydroxylation is 2. The van der Waals surface area contributed by atoms with E-state index in [0.29, 0.717) is 10.4 Å². The number of aliphatic hydroxyl groups excluding tert-OH is 1. The number of benzene rings is 1. The normalized spacial score (nSPS) is 12.8. The summed E-state index contributed by atoms with van der Waals surface area (Å²) in [5.41, 5.74) is 0.0292. The molecule has 1 aromatic carbocycles. The van der Waals surface area contributed by atoms with E-state index in [1.54, 1.807) is 13.0 Å². The van der Waals surface area contributed by atoms with Crippen molar-refractivity contribution in [3.8, 4) is 0 Å². The number of hydrogen-bond donors (Lipinski definition) is 1. The van der Waals surface area contributed by atoms with Crippen molar-refractivity contribution in [3.63, 3.8) is 0 Å². The lowest BCUT2D eigenvalue weighted by Crippen LogP contribution is -2.05. The van der Waals surface area contributed by atoms with E-state index in [1.807, 2.05) is 6.92 Å². The molecular weight excluding hydrogens is 322 g/mol. The molecule has 0 saturated heterocycles. The van der Waals surface area contributed by atoms with Crippen molar-refractivity contribution in [1.29, 1.82) is 0 Å². The van der Waals surface area contributed by atoms with Crippen molar-refractivity contribution in [2.45, 2.75) is 20.0 Å². The van der Waals surface area contributed by atoms with Crippen LogP contribution in [0.4, 0.5) is 8.78 Å². The minimum Gasteiger partial charge on any atom is -0.383 e. The van der Waals surface area contributed by atoms with E-state index in [4.69, 9.17) is 0 Å². The summed E-state index contributed by atoms with van der Waals surface area (Å²) in [5.74, 6) is -1.42. The zero-order valence-corrected chi connectivity index (χ0v) is 12.2. The maximum Gasteiger partial charge on any atom is 0.135 e. The van der Waals surface area contributed by atoms with Gasteiger partial charge in [-0.2, -0.15) is 0 Å². The van der Waals surface area contributed by atoms with Crippen molar-refractivity contribution in [2.75, 3.05) is 0 Å². The van der Waals surface area contributed by atoms with Gasteiger partial charge in [0, 0.05) is 14.2 Å². The van der Waals surface area contributed by atoms with Crippen LogP contribution in [0.1, 0.15) is 27.0 Å². The van der Waals surface area contributed by atoms with Crippen LogP contribution in [-0.2, 0) is 0 Å². The van der Waals surface area contributed by atoms with Crippen LogP contribution in [-0.4, -0.2) is 5.11 Å². The molecule has 0 aliphatic rings. The Balaban J connectivity index is 2.52. The molecule has 1 nitrogen and oxygen atoms in total. The van der Waals surface area contributed by atoms with Gasteiger partial charge in [0.2, 0.25) is 0 Å². The minimum atomic E-state index is -1.28. The number of thiophene rings is 1. The lowest BCUT2D eigenvalue weighted by molar-refractivity contribution is 0.212. The molecule has 18 heavy (non-hydrogen) atoms. The monoisotopic (exact) mass is 332 g/mol.